The number of nitrogens with one attached hydrogen (secondary N) is 1. The lowest BCUT2D eigenvalue weighted by Crippen LogP contribution is -2.60. The number of rotatable bonds is 3. The van der Waals surface area contributed by atoms with Crippen molar-refractivity contribution in [2.45, 2.75) is 31.3 Å². The smallest absolute Gasteiger partial charge is 0.312 e. The van der Waals surface area contributed by atoms with E-state index in [4.69, 9.17) is 9.78 Å². The number of hydrogen-bond acceptors (Lipinski definition) is 7. The Morgan fingerprint density at radius 2 is 2.42 bits per heavy atom. The molecule has 8 heteroatoms. The zero-order chi connectivity index (χ0) is 16.6. The zero-order valence-electron chi connectivity index (χ0n) is 13.4. The fourth-order valence-corrected chi connectivity index (χ4v) is 3.88. The molecule has 2 fully saturated rings. The van der Waals surface area contributed by atoms with Gasteiger partial charge in [0.05, 0.1) is 17.8 Å². The number of carbonyl (C=O) groups excluding carboxylic acids is 1. The second-order valence-electron chi connectivity index (χ2n) is 6.10. The van der Waals surface area contributed by atoms with Crippen molar-refractivity contribution in [3.63, 3.8) is 0 Å². The van der Waals surface area contributed by atoms with E-state index in [1.807, 2.05) is 6.07 Å². The van der Waals surface area contributed by atoms with Crippen LogP contribution in [-0.4, -0.2) is 51.7 Å². The van der Waals surface area contributed by atoms with E-state index in [2.05, 4.69) is 20.3 Å². The van der Waals surface area contributed by atoms with Gasteiger partial charge in [-0.2, -0.15) is 4.89 Å². The van der Waals surface area contributed by atoms with Crippen LogP contribution in [0.15, 0.2) is 24.8 Å². The summed E-state index contributed by atoms with van der Waals surface area (Å²) in [5.74, 6) is 0. The highest BCUT2D eigenvalue weighted by atomic mass is 17.2. The van der Waals surface area contributed by atoms with E-state index in [0.717, 1.165) is 36.0 Å². The van der Waals surface area contributed by atoms with Gasteiger partial charge in [0.1, 0.15) is 11.9 Å². The van der Waals surface area contributed by atoms with E-state index >= 15 is 0 Å². The summed E-state index contributed by atoms with van der Waals surface area (Å²) in [5, 5.41) is 4.28. The Balaban J connectivity index is 1.82. The van der Waals surface area contributed by atoms with E-state index in [1.54, 1.807) is 30.5 Å². The summed E-state index contributed by atoms with van der Waals surface area (Å²) in [7, 11) is 0. The Morgan fingerprint density at radius 3 is 3.29 bits per heavy atom. The van der Waals surface area contributed by atoms with Gasteiger partial charge < -0.3 is 5.32 Å². The van der Waals surface area contributed by atoms with Crippen LogP contribution < -0.4 is 5.32 Å². The van der Waals surface area contributed by atoms with Gasteiger partial charge >= 0.3 is 6.09 Å². The summed E-state index contributed by atoms with van der Waals surface area (Å²) in [4.78, 5) is 37.3. The molecule has 24 heavy (non-hydrogen) atoms. The fourth-order valence-electron chi connectivity index (χ4n) is 3.88. The first-order valence-electron chi connectivity index (χ1n) is 8.15. The molecule has 2 aliphatic heterocycles. The molecule has 0 saturated carbocycles. The average Bonchev–Trinajstić information content (AvgIpc) is 2.85. The van der Waals surface area contributed by atoms with Crippen LogP contribution in [0, 0.1) is 0 Å². The Labute approximate surface area is 139 Å². The zero-order valence-corrected chi connectivity index (χ0v) is 13.4. The van der Waals surface area contributed by atoms with Gasteiger partial charge in [-0.05, 0) is 25.8 Å². The molecule has 2 bridgehead atoms. The standard InChI is InChI=1S/C16H19N5O3/c1-2-23-24-15(22)21-11-3-5-16(21,9-18-7-11)14-12-8-17-6-4-13(12)19-10-20-14/h4,6,8,10-11,18H,2-3,5,7,9H2,1H3. The minimum atomic E-state index is -0.568. The topological polar surface area (TPSA) is 89.5 Å². The van der Waals surface area contributed by atoms with Crippen molar-refractivity contribution in [2.75, 3.05) is 19.7 Å². The largest absolute Gasteiger partial charge is 0.442 e. The predicted molar refractivity (Wildman–Crippen MR) is 84.8 cm³/mol. The molecule has 1 amide bonds. The monoisotopic (exact) mass is 329 g/mol. The van der Waals surface area contributed by atoms with E-state index < -0.39 is 11.6 Å². The first-order valence-corrected chi connectivity index (χ1v) is 8.15. The van der Waals surface area contributed by atoms with Crippen molar-refractivity contribution in [1.82, 2.24) is 25.2 Å². The number of pyridine rings is 1. The van der Waals surface area contributed by atoms with Crippen LogP contribution in [0.5, 0.6) is 0 Å². The third-order valence-corrected chi connectivity index (χ3v) is 4.84. The quantitative estimate of drug-likeness (QED) is 0.672. The van der Waals surface area contributed by atoms with Crippen LogP contribution in [0.3, 0.4) is 0 Å². The molecule has 4 rings (SSSR count). The number of nitrogens with zero attached hydrogens (tertiary/aromatic N) is 4. The number of carbonyl (C=O) groups is 1. The third-order valence-electron chi connectivity index (χ3n) is 4.84. The molecule has 0 spiro atoms. The molecule has 2 aliphatic rings. The minimum absolute atomic E-state index is 0.0633. The second-order valence-corrected chi connectivity index (χ2v) is 6.10. The van der Waals surface area contributed by atoms with Gasteiger partial charge in [0.25, 0.3) is 0 Å². The van der Waals surface area contributed by atoms with Crippen LogP contribution in [0.2, 0.25) is 0 Å². The summed E-state index contributed by atoms with van der Waals surface area (Å²) < 4.78 is 0. The molecule has 8 nitrogen and oxygen atoms in total. The fraction of sp³-hybridized carbons (Fsp3) is 0.500. The van der Waals surface area contributed by atoms with Gasteiger partial charge in [-0.3, -0.25) is 14.8 Å². The molecule has 2 atom stereocenters. The molecule has 2 aromatic rings. The predicted octanol–water partition coefficient (Wildman–Crippen LogP) is 1.38. The summed E-state index contributed by atoms with van der Waals surface area (Å²) in [6.45, 7) is 3.45. The molecule has 4 heterocycles. The molecule has 0 aliphatic carbocycles. The van der Waals surface area contributed by atoms with Crippen molar-refractivity contribution in [2.24, 2.45) is 0 Å². The summed E-state index contributed by atoms with van der Waals surface area (Å²) in [5.41, 5.74) is 1.06. The summed E-state index contributed by atoms with van der Waals surface area (Å²) in [6.07, 6.45) is 6.24. The molecular formula is C16H19N5O3. The highest BCUT2D eigenvalue weighted by molar-refractivity contribution is 5.82. The lowest BCUT2D eigenvalue weighted by atomic mass is 9.89. The van der Waals surface area contributed by atoms with Crippen LogP contribution >= 0.6 is 0 Å². The van der Waals surface area contributed by atoms with Gasteiger partial charge in [-0.25, -0.2) is 14.8 Å². The molecule has 0 aromatic carbocycles. The number of fused-ring (bicyclic) bond motifs is 3. The lowest BCUT2D eigenvalue weighted by molar-refractivity contribution is -0.246. The van der Waals surface area contributed by atoms with E-state index in [1.165, 1.54) is 0 Å². The normalized spacial score (nSPS) is 25.9. The van der Waals surface area contributed by atoms with Crippen molar-refractivity contribution in [3.05, 3.63) is 30.5 Å². The van der Waals surface area contributed by atoms with Crippen molar-refractivity contribution >= 4 is 17.0 Å². The van der Waals surface area contributed by atoms with Gasteiger partial charge in [0.2, 0.25) is 0 Å². The number of amides is 1. The Kier molecular flexibility index (Phi) is 3.78. The van der Waals surface area contributed by atoms with Gasteiger partial charge in [-0.1, -0.05) is 0 Å². The van der Waals surface area contributed by atoms with E-state index in [9.17, 15) is 4.79 Å². The van der Waals surface area contributed by atoms with Gasteiger partial charge in [0.15, 0.2) is 0 Å². The molecule has 126 valence electrons. The molecule has 2 saturated heterocycles. The maximum Gasteiger partial charge on any atom is 0.442 e. The lowest BCUT2D eigenvalue weighted by Gasteiger charge is -2.43. The second kappa shape index (κ2) is 5.95. The summed E-state index contributed by atoms with van der Waals surface area (Å²) in [6, 6.07) is 1.91. The van der Waals surface area contributed by atoms with Crippen molar-refractivity contribution in [3.8, 4) is 0 Å². The van der Waals surface area contributed by atoms with Crippen LogP contribution in [-0.2, 0) is 15.3 Å². The molecule has 2 unspecified atom stereocenters. The Bertz CT molecular complexity index is 761. The van der Waals surface area contributed by atoms with Crippen LogP contribution in [0.25, 0.3) is 10.9 Å². The molecular weight excluding hydrogens is 310 g/mol. The first-order chi connectivity index (χ1) is 11.8. The SMILES string of the molecule is CCOOC(=O)N1C2CCC1(c1ncnc3ccncc13)CNC2. The first kappa shape index (κ1) is 15.2. The maximum atomic E-state index is 12.6. The Hall–Kier alpha value is -2.32. The van der Waals surface area contributed by atoms with E-state index in [0.29, 0.717) is 13.2 Å². The van der Waals surface area contributed by atoms with E-state index in [-0.39, 0.29) is 6.04 Å². The highest BCUT2D eigenvalue weighted by Gasteiger charge is 2.55. The van der Waals surface area contributed by atoms with Crippen molar-refractivity contribution in [1.29, 1.82) is 0 Å². The number of aromatic nitrogens is 3. The average molecular weight is 329 g/mol. The molecule has 0 radical (unpaired) electrons. The third kappa shape index (κ3) is 2.22. The van der Waals surface area contributed by atoms with Crippen LogP contribution in [0.4, 0.5) is 4.79 Å². The summed E-state index contributed by atoms with van der Waals surface area (Å²) >= 11 is 0. The van der Waals surface area contributed by atoms with Crippen LogP contribution in [0.1, 0.15) is 25.5 Å². The van der Waals surface area contributed by atoms with Gasteiger partial charge in [0, 0.05) is 36.9 Å². The minimum Gasteiger partial charge on any atom is -0.312 e. The molecule has 2 aromatic heterocycles. The Morgan fingerprint density at radius 1 is 1.50 bits per heavy atom. The highest BCUT2D eigenvalue weighted by Crippen LogP contribution is 2.45. The van der Waals surface area contributed by atoms with Gasteiger partial charge in [-0.15, -0.1) is 0 Å². The number of hydrogen-bond donors (Lipinski definition) is 1. The van der Waals surface area contributed by atoms with Crippen molar-refractivity contribution < 1.29 is 14.6 Å². The number of piperazine rings is 1. The molecule has 1 N–H and O–H groups in total. The maximum absolute atomic E-state index is 12.6.